The van der Waals surface area contributed by atoms with Gasteiger partial charge in [-0.15, -0.1) is 0 Å². The smallest absolute Gasteiger partial charge is 0.241 e. The van der Waals surface area contributed by atoms with Crippen LogP contribution in [0.5, 0.6) is 0 Å². The largest absolute Gasteiger partial charge is 0.386 e. The summed E-state index contributed by atoms with van der Waals surface area (Å²) in [6, 6.07) is 24.1. The van der Waals surface area contributed by atoms with Gasteiger partial charge in [0, 0.05) is 19.0 Å². The Kier molecular flexibility index (Phi) is 8.83. The third-order valence-electron chi connectivity index (χ3n) is 6.40. The molecular formula is C28H34N2O4S. The van der Waals surface area contributed by atoms with Crippen molar-refractivity contribution in [1.29, 1.82) is 0 Å². The second-order valence-corrected chi connectivity index (χ2v) is 10.8. The molecule has 0 radical (unpaired) electrons. The normalized spacial score (nSPS) is 15.1. The summed E-state index contributed by atoms with van der Waals surface area (Å²) in [5.41, 5.74) is 2.49. The fourth-order valence-corrected chi connectivity index (χ4v) is 5.29. The van der Waals surface area contributed by atoms with Gasteiger partial charge in [0.1, 0.15) is 0 Å². The molecule has 0 fully saturated rings. The van der Waals surface area contributed by atoms with E-state index in [9.17, 15) is 18.3 Å². The Bertz CT molecular complexity index is 1200. The number of rotatable bonds is 10. The van der Waals surface area contributed by atoms with Crippen LogP contribution in [0.1, 0.15) is 49.1 Å². The van der Waals surface area contributed by atoms with Crippen molar-refractivity contribution in [3.05, 3.63) is 102 Å². The number of likely N-dealkylation sites (N-methyl/N-ethyl adjacent to an activating group) is 1. The lowest BCUT2D eigenvalue weighted by Gasteiger charge is -2.32. The van der Waals surface area contributed by atoms with Crippen molar-refractivity contribution in [2.75, 3.05) is 7.05 Å². The van der Waals surface area contributed by atoms with E-state index in [1.165, 1.54) is 0 Å². The van der Waals surface area contributed by atoms with E-state index >= 15 is 0 Å². The third kappa shape index (κ3) is 6.78. The summed E-state index contributed by atoms with van der Waals surface area (Å²) in [5.74, 6) is -0.653. The van der Waals surface area contributed by atoms with Crippen molar-refractivity contribution in [3.63, 3.8) is 0 Å². The Morgan fingerprint density at radius 2 is 1.40 bits per heavy atom. The molecule has 0 aliphatic heterocycles. The Morgan fingerprint density at radius 1 is 0.886 bits per heavy atom. The van der Waals surface area contributed by atoms with E-state index in [-0.39, 0.29) is 17.2 Å². The van der Waals surface area contributed by atoms with Gasteiger partial charge in [-0.1, -0.05) is 85.3 Å². The molecule has 0 aromatic heterocycles. The van der Waals surface area contributed by atoms with Gasteiger partial charge in [0.25, 0.3) is 0 Å². The zero-order chi connectivity index (χ0) is 25.6. The maximum absolute atomic E-state index is 13.3. The van der Waals surface area contributed by atoms with E-state index in [0.29, 0.717) is 0 Å². The number of hydrogen-bond acceptors (Lipinski definition) is 4. The van der Waals surface area contributed by atoms with Gasteiger partial charge in [0.2, 0.25) is 15.9 Å². The maximum Gasteiger partial charge on any atom is 0.241 e. The molecule has 0 heterocycles. The minimum Gasteiger partial charge on any atom is -0.386 e. The fourth-order valence-electron chi connectivity index (χ4n) is 4.05. The molecule has 3 rings (SSSR count). The van der Waals surface area contributed by atoms with Gasteiger partial charge < -0.3 is 10.0 Å². The average Bonchev–Trinajstić information content (AvgIpc) is 2.87. The highest BCUT2D eigenvalue weighted by molar-refractivity contribution is 7.89. The molecule has 7 heteroatoms. The van der Waals surface area contributed by atoms with Gasteiger partial charge in [0.15, 0.2) is 0 Å². The molecule has 4 atom stereocenters. The second-order valence-electron chi connectivity index (χ2n) is 9.08. The zero-order valence-corrected chi connectivity index (χ0v) is 21.4. The molecule has 3 aromatic rings. The first-order chi connectivity index (χ1) is 16.6. The van der Waals surface area contributed by atoms with E-state index in [1.54, 1.807) is 50.1 Å². The lowest BCUT2D eigenvalue weighted by atomic mass is 9.94. The third-order valence-corrected chi connectivity index (χ3v) is 7.89. The standard InChI is InChI=1S/C28H34N2O4S/c1-20-15-17-25(18-16-20)35(33,34)29-26(23-11-7-5-8-12-23)19-21(2)28(32)30(4)22(3)27(31)24-13-9-6-10-14-24/h5-18,21-22,26-27,29,31H,19H2,1-4H3/t21-,22-,26-,27+/m0/s1. The summed E-state index contributed by atoms with van der Waals surface area (Å²) in [6.07, 6.45) is -0.561. The Hall–Kier alpha value is -3.00. The number of nitrogens with one attached hydrogen (secondary N) is 1. The Labute approximate surface area is 208 Å². The van der Waals surface area contributed by atoms with Crippen molar-refractivity contribution in [1.82, 2.24) is 9.62 Å². The van der Waals surface area contributed by atoms with E-state index in [0.717, 1.165) is 16.7 Å². The molecule has 0 saturated heterocycles. The number of hydrogen-bond donors (Lipinski definition) is 2. The van der Waals surface area contributed by atoms with Crippen molar-refractivity contribution in [2.45, 2.75) is 50.3 Å². The van der Waals surface area contributed by atoms with E-state index in [4.69, 9.17) is 0 Å². The van der Waals surface area contributed by atoms with Crippen LogP contribution in [0.2, 0.25) is 0 Å². The van der Waals surface area contributed by atoms with E-state index in [1.807, 2.05) is 67.6 Å². The first-order valence-corrected chi connectivity index (χ1v) is 13.2. The minimum absolute atomic E-state index is 0.164. The van der Waals surface area contributed by atoms with Crippen LogP contribution in [0.15, 0.2) is 89.8 Å². The van der Waals surface area contributed by atoms with Gasteiger partial charge >= 0.3 is 0 Å². The van der Waals surface area contributed by atoms with Crippen LogP contribution in [0, 0.1) is 12.8 Å². The first-order valence-electron chi connectivity index (χ1n) is 11.7. The van der Waals surface area contributed by atoms with Crippen LogP contribution in [0.4, 0.5) is 0 Å². The van der Waals surface area contributed by atoms with E-state index < -0.39 is 34.1 Å². The SMILES string of the molecule is Cc1ccc(S(=O)(=O)N[C@@H](C[C@H](C)C(=O)N(C)[C@@H](C)[C@@H](O)c2ccccc2)c2ccccc2)cc1. The molecule has 0 aliphatic rings. The quantitative estimate of drug-likeness (QED) is 0.431. The molecule has 2 N–H and O–H groups in total. The predicted molar refractivity (Wildman–Crippen MR) is 138 cm³/mol. The molecule has 0 spiro atoms. The van der Waals surface area contributed by atoms with Crippen molar-refractivity contribution >= 4 is 15.9 Å². The molecule has 0 unspecified atom stereocenters. The molecule has 0 bridgehead atoms. The summed E-state index contributed by atoms with van der Waals surface area (Å²) in [4.78, 5) is 15.0. The monoisotopic (exact) mass is 494 g/mol. The van der Waals surface area contributed by atoms with Crippen molar-refractivity contribution < 1.29 is 18.3 Å². The fraction of sp³-hybridized carbons (Fsp3) is 0.321. The first kappa shape index (κ1) is 26.6. The number of aliphatic hydroxyl groups is 1. The van der Waals surface area contributed by atoms with Gasteiger partial charge in [0.05, 0.1) is 17.0 Å². The summed E-state index contributed by atoms with van der Waals surface area (Å²) >= 11 is 0. The van der Waals surface area contributed by atoms with Gasteiger partial charge in [-0.25, -0.2) is 13.1 Å². The molecule has 0 aliphatic carbocycles. The number of amides is 1. The maximum atomic E-state index is 13.3. The topological polar surface area (TPSA) is 86.7 Å². The van der Waals surface area contributed by atoms with Gasteiger partial charge in [-0.05, 0) is 43.5 Å². The summed E-state index contributed by atoms with van der Waals surface area (Å²) in [6.45, 7) is 5.49. The molecule has 1 amide bonds. The lowest BCUT2D eigenvalue weighted by Crippen LogP contribution is -2.42. The summed E-state index contributed by atoms with van der Waals surface area (Å²) in [7, 11) is -2.13. The summed E-state index contributed by atoms with van der Waals surface area (Å²) < 4.78 is 29.1. The number of benzene rings is 3. The number of aryl methyl sites for hydroxylation is 1. The highest BCUT2D eigenvalue weighted by Gasteiger charge is 2.30. The predicted octanol–water partition coefficient (Wildman–Crippen LogP) is 4.62. The van der Waals surface area contributed by atoms with Crippen LogP contribution in [-0.4, -0.2) is 37.4 Å². The summed E-state index contributed by atoms with van der Waals surface area (Å²) in [5, 5.41) is 10.8. The molecule has 3 aromatic carbocycles. The number of aliphatic hydroxyl groups excluding tert-OH is 1. The molecule has 35 heavy (non-hydrogen) atoms. The number of nitrogens with zero attached hydrogens (tertiary/aromatic N) is 1. The highest BCUT2D eigenvalue weighted by atomic mass is 32.2. The van der Waals surface area contributed by atoms with E-state index in [2.05, 4.69) is 4.72 Å². The molecular weight excluding hydrogens is 460 g/mol. The molecule has 0 saturated carbocycles. The number of carbonyl (C=O) groups is 1. The average molecular weight is 495 g/mol. The molecule has 6 nitrogen and oxygen atoms in total. The van der Waals surface area contributed by atoms with Crippen molar-refractivity contribution in [3.8, 4) is 0 Å². The Balaban J connectivity index is 1.78. The van der Waals surface area contributed by atoms with Gasteiger partial charge in [-0.3, -0.25) is 4.79 Å². The van der Waals surface area contributed by atoms with Crippen LogP contribution >= 0.6 is 0 Å². The second kappa shape index (κ2) is 11.6. The minimum atomic E-state index is -3.80. The van der Waals surface area contributed by atoms with Crippen LogP contribution in [0.3, 0.4) is 0 Å². The van der Waals surface area contributed by atoms with Crippen LogP contribution in [0.25, 0.3) is 0 Å². The highest BCUT2D eigenvalue weighted by Crippen LogP contribution is 2.27. The number of carbonyl (C=O) groups excluding carboxylic acids is 1. The van der Waals surface area contributed by atoms with Gasteiger partial charge in [-0.2, -0.15) is 0 Å². The molecule has 186 valence electrons. The van der Waals surface area contributed by atoms with Crippen LogP contribution < -0.4 is 4.72 Å². The Morgan fingerprint density at radius 3 is 1.94 bits per heavy atom. The van der Waals surface area contributed by atoms with Crippen LogP contribution in [-0.2, 0) is 14.8 Å². The lowest BCUT2D eigenvalue weighted by molar-refractivity contribution is -0.138. The number of sulfonamides is 1. The zero-order valence-electron chi connectivity index (χ0n) is 20.6. The van der Waals surface area contributed by atoms with Crippen molar-refractivity contribution in [2.24, 2.45) is 5.92 Å².